The molecule has 0 aliphatic heterocycles. The summed E-state index contributed by atoms with van der Waals surface area (Å²) >= 11 is 0. The average Bonchev–Trinajstić information content (AvgIpc) is 2.78. The van der Waals surface area contributed by atoms with Crippen molar-refractivity contribution in [1.29, 1.82) is 0 Å². The van der Waals surface area contributed by atoms with Crippen LogP contribution in [0, 0.1) is 0 Å². The number of aliphatic carboxylic acids is 1. The summed E-state index contributed by atoms with van der Waals surface area (Å²) in [4.78, 5) is 60.5. The number of phenols is 1. The largest absolute Gasteiger partial charge is 0.508 e. The van der Waals surface area contributed by atoms with Crippen LogP contribution in [-0.2, 0) is 30.4 Å². The standard InChI is InChI=1S/C22H33N5O9/c1-10(28)17(21(34)27-18(11(2)29)22(35)36)26-20(33)15(7-8-16(24)31)25-19(32)14(23)9-12-3-5-13(30)6-4-12/h3-6,10-11,14-15,17-18,28-30H,7-9,23H2,1-2H3,(H2,24,31)(H,25,32)(H,26,33)(H,27,34)(H,35,36)/t10-,11-,14+,15+,17+,18+/m1/s1. The Morgan fingerprint density at radius 2 is 1.39 bits per heavy atom. The van der Waals surface area contributed by atoms with Crippen LogP contribution in [-0.4, -0.2) is 86.4 Å². The first kappa shape index (κ1) is 30.3. The Hall–Kier alpha value is -3.75. The number of hydrogen-bond donors (Lipinski definition) is 9. The molecule has 200 valence electrons. The van der Waals surface area contributed by atoms with Gasteiger partial charge in [0.15, 0.2) is 6.04 Å². The maximum absolute atomic E-state index is 12.9. The number of amides is 4. The number of carbonyl (C=O) groups is 5. The maximum atomic E-state index is 12.9. The van der Waals surface area contributed by atoms with Crippen molar-refractivity contribution in [2.24, 2.45) is 11.5 Å². The summed E-state index contributed by atoms with van der Waals surface area (Å²) in [6.45, 7) is 2.29. The van der Waals surface area contributed by atoms with Crippen molar-refractivity contribution in [2.75, 3.05) is 0 Å². The first-order valence-corrected chi connectivity index (χ1v) is 11.0. The second kappa shape index (κ2) is 14.0. The van der Waals surface area contributed by atoms with Crippen LogP contribution in [0.4, 0.5) is 0 Å². The van der Waals surface area contributed by atoms with Crippen LogP contribution in [0.2, 0.25) is 0 Å². The van der Waals surface area contributed by atoms with Crippen molar-refractivity contribution in [3.8, 4) is 5.75 Å². The summed E-state index contributed by atoms with van der Waals surface area (Å²) < 4.78 is 0. The van der Waals surface area contributed by atoms with Crippen molar-refractivity contribution >= 4 is 29.6 Å². The van der Waals surface area contributed by atoms with Crippen molar-refractivity contribution in [2.45, 2.75) is 69.5 Å². The molecule has 0 heterocycles. The number of nitrogens with two attached hydrogens (primary N) is 2. The van der Waals surface area contributed by atoms with Crippen LogP contribution in [0.25, 0.3) is 0 Å². The third-order valence-corrected chi connectivity index (χ3v) is 5.15. The molecule has 14 heteroatoms. The van der Waals surface area contributed by atoms with Gasteiger partial charge in [-0.3, -0.25) is 19.2 Å². The van der Waals surface area contributed by atoms with Crippen molar-refractivity contribution in [1.82, 2.24) is 16.0 Å². The number of carboxylic acid groups (broad SMARTS) is 1. The zero-order chi connectivity index (χ0) is 27.6. The van der Waals surface area contributed by atoms with E-state index >= 15 is 0 Å². The summed E-state index contributed by atoms with van der Waals surface area (Å²) in [7, 11) is 0. The summed E-state index contributed by atoms with van der Waals surface area (Å²) in [5.41, 5.74) is 11.7. The molecule has 1 aromatic rings. The molecule has 1 aromatic carbocycles. The number of hydrogen-bond acceptors (Lipinski definition) is 9. The smallest absolute Gasteiger partial charge is 0.328 e. The molecule has 0 aliphatic carbocycles. The SMILES string of the molecule is C[C@@H](O)[C@H](NC(=O)[C@@H](NC(=O)[C@H](CCC(N)=O)NC(=O)[C@@H](N)Cc1ccc(O)cc1)[C@@H](C)O)C(=O)O. The molecular weight excluding hydrogens is 478 g/mol. The van der Waals surface area contributed by atoms with E-state index in [4.69, 9.17) is 16.6 Å². The van der Waals surface area contributed by atoms with E-state index in [1.807, 2.05) is 5.32 Å². The van der Waals surface area contributed by atoms with E-state index < -0.39 is 66.0 Å². The second-order valence-electron chi connectivity index (χ2n) is 8.34. The van der Waals surface area contributed by atoms with Crippen LogP contribution in [0.3, 0.4) is 0 Å². The van der Waals surface area contributed by atoms with Gasteiger partial charge in [0.2, 0.25) is 23.6 Å². The van der Waals surface area contributed by atoms with E-state index in [0.717, 1.165) is 13.8 Å². The molecule has 0 spiro atoms. The Balaban J connectivity index is 2.97. The van der Waals surface area contributed by atoms with Gasteiger partial charge in [0.05, 0.1) is 18.2 Å². The lowest BCUT2D eigenvalue weighted by Crippen LogP contribution is -2.61. The second-order valence-corrected chi connectivity index (χ2v) is 8.34. The van der Waals surface area contributed by atoms with Gasteiger partial charge in [-0.1, -0.05) is 12.1 Å². The molecule has 6 atom stereocenters. The molecule has 11 N–H and O–H groups in total. The third kappa shape index (κ3) is 9.85. The highest BCUT2D eigenvalue weighted by Crippen LogP contribution is 2.11. The fourth-order valence-electron chi connectivity index (χ4n) is 3.10. The Morgan fingerprint density at radius 1 is 0.861 bits per heavy atom. The lowest BCUT2D eigenvalue weighted by Gasteiger charge is -2.27. The molecule has 0 saturated carbocycles. The molecule has 0 radical (unpaired) electrons. The number of aliphatic hydroxyl groups excluding tert-OH is 2. The summed E-state index contributed by atoms with van der Waals surface area (Å²) in [5.74, 6) is -5.10. The number of rotatable bonds is 14. The van der Waals surface area contributed by atoms with Gasteiger partial charge in [0.1, 0.15) is 17.8 Å². The Labute approximate surface area is 207 Å². The Kier molecular flexibility index (Phi) is 11.7. The number of aliphatic hydroxyl groups is 2. The monoisotopic (exact) mass is 511 g/mol. The highest BCUT2D eigenvalue weighted by atomic mass is 16.4. The van der Waals surface area contributed by atoms with Gasteiger partial charge >= 0.3 is 5.97 Å². The maximum Gasteiger partial charge on any atom is 0.328 e. The molecule has 0 bridgehead atoms. The quantitative estimate of drug-likeness (QED) is 0.121. The molecule has 0 aromatic heterocycles. The van der Waals surface area contributed by atoms with Crippen LogP contribution >= 0.6 is 0 Å². The lowest BCUT2D eigenvalue weighted by molar-refractivity contribution is -0.146. The fourth-order valence-corrected chi connectivity index (χ4v) is 3.10. The van der Waals surface area contributed by atoms with Crippen LogP contribution in [0.5, 0.6) is 5.75 Å². The molecule has 0 aliphatic rings. The van der Waals surface area contributed by atoms with Crippen molar-refractivity contribution < 1.29 is 44.4 Å². The van der Waals surface area contributed by atoms with E-state index in [1.54, 1.807) is 12.1 Å². The van der Waals surface area contributed by atoms with E-state index in [2.05, 4.69) is 10.6 Å². The van der Waals surface area contributed by atoms with Crippen molar-refractivity contribution in [3.05, 3.63) is 29.8 Å². The normalized spacial score (nSPS) is 15.9. The predicted molar refractivity (Wildman–Crippen MR) is 125 cm³/mol. The lowest BCUT2D eigenvalue weighted by atomic mass is 10.0. The number of primary amides is 1. The first-order chi connectivity index (χ1) is 16.7. The van der Waals surface area contributed by atoms with Gasteiger partial charge in [-0.15, -0.1) is 0 Å². The number of phenolic OH excluding ortho intramolecular Hbond substituents is 1. The number of nitrogens with one attached hydrogen (secondary N) is 3. The fraction of sp³-hybridized carbons (Fsp3) is 0.500. The Bertz CT molecular complexity index is 936. The third-order valence-electron chi connectivity index (χ3n) is 5.15. The van der Waals surface area contributed by atoms with Crippen molar-refractivity contribution in [3.63, 3.8) is 0 Å². The summed E-state index contributed by atoms with van der Waals surface area (Å²) in [6.07, 6.45) is -3.47. The van der Waals surface area contributed by atoms with Gasteiger partial charge in [-0.25, -0.2) is 4.79 Å². The minimum atomic E-state index is -1.71. The summed E-state index contributed by atoms with van der Waals surface area (Å²) in [6, 6.07) is 0.0873. The van der Waals surface area contributed by atoms with Gasteiger partial charge in [-0.05, 0) is 44.4 Å². The molecule has 14 nitrogen and oxygen atoms in total. The molecule has 0 unspecified atom stereocenters. The van der Waals surface area contributed by atoms with E-state index in [-0.39, 0.29) is 25.0 Å². The highest BCUT2D eigenvalue weighted by molar-refractivity contribution is 5.94. The van der Waals surface area contributed by atoms with E-state index in [1.165, 1.54) is 12.1 Å². The minimum Gasteiger partial charge on any atom is -0.508 e. The topological polar surface area (TPSA) is 254 Å². The summed E-state index contributed by atoms with van der Waals surface area (Å²) in [5, 5.41) is 44.7. The highest BCUT2D eigenvalue weighted by Gasteiger charge is 2.34. The predicted octanol–water partition coefficient (Wildman–Crippen LogP) is -3.17. The van der Waals surface area contributed by atoms with Crippen LogP contribution in [0.15, 0.2) is 24.3 Å². The van der Waals surface area contributed by atoms with Gasteiger partial charge in [-0.2, -0.15) is 0 Å². The van der Waals surface area contributed by atoms with Gasteiger partial charge in [0, 0.05) is 6.42 Å². The molecule has 0 fully saturated rings. The Morgan fingerprint density at radius 3 is 1.86 bits per heavy atom. The number of aromatic hydroxyl groups is 1. The van der Waals surface area contributed by atoms with Gasteiger partial charge < -0.3 is 47.8 Å². The van der Waals surface area contributed by atoms with Crippen LogP contribution < -0.4 is 27.4 Å². The van der Waals surface area contributed by atoms with Crippen LogP contribution in [0.1, 0.15) is 32.3 Å². The molecular formula is C22H33N5O9. The van der Waals surface area contributed by atoms with Gasteiger partial charge in [0.25, 0.3) is 0 Å². The molecule has 4 amide bonds. The van der Waals surface area contributed by atoms with E-state index in [9.17, 15) is 39.3 Å². The average molecular weight is 512 g/mol. The molecule has 0 saturated heterocycles. The number of carboxylic acids is 1. The minimum absolute atomic E-state index is 0.0276. The first-order valence-electron chi connectivity index (χ1n) is 11.0. The number of benzene rings is 1. The zero-order valence-electron chi connectivity index (χ0n) is 19.9. The molecule has 1 rings (SSSR count). The number of carbonyl (C=O) groups excluding carboxylic acids is 4. The zero-order valence-corrected chi connectivity index (χ0v) is 19.9. The molecule has 36 heavy (non-hydrogen) atoms. The van der Waals surface area contributed by atoms with E-state index in [0.29, 0.717) is 5.56 Å².